The number of hydrogen-bond donors (Lipinski definition) is 1. The van der Waals surface area contributed by atoms with E-state index in [9.17, 15) is 4.79 Å². The van der Waals surface area contributed by atoms with E-state index >= 15 is 0 Å². The van der Waals surface area contributed by atoms with Gasteiger partial charge in [-0.2, -0.15) is 0 Å². The number of amides is 1. The zero-order chi connectivity index (χ0) is 15.2. The third-order valence-electron chi connectivity index (χ3n) is 5.22. The summed E-state index contributed by atoms with van der Waals surface area (Å²) in [6.07, 6.45) is 2.80. The van der Waals surface area contributed by atoms with Gasteiger partial charge in [0.1, 0.15) is 0 Å². The fraction of sp³-hybridized carbons (Fsp3) is 0.611. The minimum atomic E-state index is 0.224. The van der Waals surface area contributed by atoms with Crippen molar-refractivity contribution >= 4 is 11.6 Å². The van der Waals surface area contributed by atoms with E-state index in [2.05, 4.69) is 44.3 Å². The lowest BCUT2D eigenvalue weighted by Crippen LogP contribution is -2.31. The second-order valence-electron chi connectivity index (χ2n) is 7.18. The molecule has 1 aliphatic carbocycles. The van der Waals surface area contributed by atoms with E-state index in [-0.39, 0.29) is 5.91 Å². The number of aryl methyl sites for hydroxylation is 1. The first-order valence-electron chi connectivity index (χ1n) is 8.07. The minimum absolute atomic E-state index is 0.224. The molecule has 21 heavy (non-hydrogen) atoms. The Kier molecular flexibility index (Phi) is 3.56. The van der Waals surface area contributed by atoms with Crippen LogP contribution in [0.15, 0.2) is 18.2 Å². The quantitative estimate of drug-likeness (QED) is 0.921. The largest absolute Gasteiger partial charge is 0.315 e. The molecular formula is C18H26N2O. The van der Waals surface area contributed by atoms with Crippen LogP contribution in [0.25, 0.3) is 0 Å². The molecule has 3 nitrogen and oxygen atoms in total. The lowest BCUT2D eigenvalue weighted by Gasteiger charge is -2.28. The lowest BCUT2D eigenvalue weighted by atomic mass is 9.92. The first-order valence-corrected chi connectivity index (χ1v) is 8.07. The van der Waals surface area contributed by atoms with Gasteiger partial charge >= 0.3 is 0 Å². The Morgan fingerprint density at radius 3 is 2.71 bits per heavy atom. The Hall–Kier alpha value is -1.35. The fourth-order valence-corrected chi connectivity index (χ4v) is 3.66. The lowest BCUT2D eigenvalue weighted by molar-refractivity contribution is -0.118. The van der Waals surface area contributed by atoms with Crippen molar-refractivity contribution in [1.29, 1.82) is 0 Å². The van der Waals surface area contributed by atoms with Crippen molar-refractivity contribution in [3.05, 3.63) is 29.3 Å². The van der Waals surface area contributed by atoms with Crippen LogP contribution in [-0.4, -0.2) is 19.5 Å². The van der Waals surface area contributed by atoms with Gasteiger partial charge in [-0.1, -0.05) is 32.9 Å². The Labute approximate surface area is 127 Å². The van der Waals surface area contributed by atoms with Crippen LogP contribution in [0.3, 0.4) is 0 Å². The van der Waals surface area contributed by atoms with Crippen molar-refractivity contribution < 1.29 is 4.79 Å². The van der Waals surface area contributed by atoms with Gasteiger partial charge in [-0.15, -0.1) is 0 Å². The van der Waals surface area contributed by atoms with Gasteiger partial charge in [-0.05, 0) is 47.9 Å². The number of fused-ring (bicyclic) bond motifs is 1. The standard InChI is InChI=1S/C18H26N2O/c1-5-19-17(14-11-18(14,2)3)13-6-8-15-12(10-13)7-9-16(21)20(15)4/h6,8,10,14,17,19H,5,7,9,11H2,1-4H3. The highest BCUT2D eigenvalue weighted by Gasteiger charge is 2.50. The van der Waals surface area contributed by atoms with Crippen molar-refractivity contribution in [2.45, 2.75) is 46.1 Å². The van der Waals surface area contributed by atoms with Gasteiger partial charge in [0.2, 0.25) is 5.91 Å². The molecule has 1 N–H and O–H groups in total. The fourth-order valence-electron chi connectivity index (χ4n) is 3.66. The zero-order valence-corrected chi connectivity index (χ0v) is 13.6. The SMILES string of the molecule is CCNC(c1ccc2c(c1)CCC(=O)N2C)C1CC1(C)C. The molecular weight excluding hydrogens is 260 g/mol. The van der Waals surface area contributed by atoms with Crippen molar-refractivity contribution in [3.8, 4) is 0 Å². The second kappa shape index (κ2) is 5.13. The third kappa shape index (κ3) is 2.59. The van der Waals surface area contributed by atoms with Crippen LogP contribution >= 0.6 is 0 Å². The average molecular weight is 286 g/mol. The number of hydrogen-bond acceptors (Lipinski definition) is 2. The number of carbonyl (C=O) groups is 1. The molecule has 114 valence electrons. The molecule has 1 aromatic rings. The Bertz CT molecular complexity index is 564. The summed E-state index contributed by atoms with van der Waals surface area (Å²) in [5.41, 5.74) is 4.24. The molecule has 2 unspecified atom stereocenters. The van der Waals surface area contributed by atoms with Crippen LogP contribution < -0.4 is 10.2 Å². The van der Waals surface area contributed by atoms with Crippen LogP contribution in [0.1, 0.15) is 50.8 Å². The number of nitrogens with one attached hydrogen (secondary N) is 1. The second-order valence-corrected chi connectivity index (χ2v) is 7.18. The van der Waals surface area contributed by atoms with Crippen molar-refractivity contribution in [2.75, 3.05) is 18.5 Å². The molecule has 1 aromatic carbocycles. The first kappa shape index (κ1) is 14.6. The maximum absolute atomic E-state index is 11.8. The monoisotopic (exact) mass is 286 g/mol. The van der Waals surface area contributed by atoms with Gasteiger partial charge in [0.15, 0.2) is 0 Å². The van der Waals surface area contributed by atoms with Crippen LogP contribution in [-0.2, 0) is 11.2 Å². The highest BCUT2D eigenvalue weighted by atomic mass is 16.2. The number of benzene rings is 1. The van der Waals surface area contributed by atoms with Gasteiger partial charge in [-0.3, -0.25) is 4.79 Å². The predicted octanol–water partition coefficient (Wildman–Crippen LogP) is 3.29. The molecule has 0 radical (unpaired) electrons. The van der Waals surface area contributed by atoms with Crippen LogP contribution in [0.4, 0.5) is 5.69 Å². The van der Waals surface area contributed by atoms with E-state index in [0.29, 0.717) is 17.9 Å². The summed E-state index contributed by atoms with van der Waals surface area (Å²) in [4.78, 5) is 13.6. The average Bonchev–Trinajstić information content (AvgIpc) is 3.08. The minimum Gasteiger partial charge on any atom is -0.315 e. The highest BCUT2D eigenvalue weighted by molar-refractivity contribution is 5.95. The van der Waals surface area contributed by atoms with Crippen LogP contribution in [0, 0.1) is 11.3 Å². The summed E-state index contributed by atoms with van der Waals surface area (Å²) in [5, 5.41) is 3.66. The van der Waals surface area contributed by atoms with E-state index in [4.69, 9.17) is 0 Å². The zero-order valence-electron chi connectivity index (χ0n) is 13.6. The van der Waals surface area contributed by atoms with E-state index in [1.807, 2.05) is 7.05 Å². The molecule has 1 amide bonds. The molecule has 0 spiro atoms. The molecule has 0 saturated heterocycles. The third-order valence-corrected chi connectivity index (χ3v) is 5.22. The van der Waals surface area contributed by atoms with Crippen LogP contribution in [0.5, 0.6) is 0 Å². The van der Waals surface area contributed by atoms with Gasteiger partial charge in [0, 0.05) is 25.2 Å². The smallest absolute Gasteiger partial charge is 0.227 e. The molecule has 1 aliphatic heterocycles. The Morgan fingerprint density at radius 1 is 1.38 bits per heavy atom. The summed E-state index contributed by atoms with van der Waals surface area (Å²) < 4.78 is 0. The molecule has 2 atom stereocenters. The van der Waals surface area contributed by atoms with Crippen molar-refractivity contribution in [2.24, 2.45) is 11.3 Å². The first-order chi connectivity index (χ1) is 9.94. The Morgan fingerprint density at radius 2 is 2.10 bits per heavy atom. The maximum atomic E-state index is 11.8. The molecule has 1 fully saturated rings. The van der Waals surface area contributed by atoms with Crippen molar-refractivity contribution in [1.82, 2.24) is 5.32 Å². The summed E-state index contributed by atoms with van der Waals surface area (Å²) >= 11 is 0. The van der Waals surface area contributed by atoms with Crippen LogP contribution in [0.2, 0.25) is 0 Å². The summed E-state index contributed by atoms with van der Waals surface area (Å²) in [6.45, 7) is 7.87. The maximum Gasteiger partial charge on any atom is 0.227 e. The summed E-state index contributed by atoms with van der Waals surface area (Å²) in [5.74, 6) is 0.945. The number of rotatable bonds is 4. The number of carbonyl (C=O) groups excluding carboxylic acids is 1. The number of nitrogens with zero attached hydrogens (tertiary/aromatic N) is 1. The van der Waals surface area contributed by atoms with E-state index < -0.39 is 0 Å². The molecule has 1 saturated carbocycles. The normalized spacial score (nSPS) is 24.7. The summed E-state index contributed by atoms with van der Waals surface area (Å²) in [7, 11) is 1.88. The van der Waals surface area contributed by atoms with E-state index in [1.54, 1.807) is 4.90 Å². The highest BCUT2D eigenvalue weighted by Crippen LogP contribution is 2.57. The predicted molar refractivity (Wildman–Crippen MR) is 86.5 cm³/mol. The topological polar surface area (TPSA) is 32.3 Å². The van der Waals surface area contributed by atoms with E-state index in [1.165, 1.54) is 17.5 Å². The Balaban J connectivity index is 1.90. The van der Waals surface area contributed by atoms with Gasteiger partial charge < -0.3 is 10.2 Å². The van der Waals surface area contributed by atoms with Gasteiger partial charge in [0.25, 0.3) is 0 Å². The molecule has 0 bridgehead atoms. The molecule has 1 heterocycles. The molecule has 3 heteroatoms. The van der Waals surface area contributed by atoms with E-state index in [0.717, 1.165) is 24.6 Å². The van der Waals surface area contributed by atoms with Crippen molar-refractivity contribution in [3.63, 3.8) is 0 Å². The molecule has 2 aliphatic rings. The summed E-state index contributed by atoms with van der Waals surface area (Å²) in [6, 6.07) is 7.09. The van der Waals surface area contributed by atoms with Gasteiger partial charge in [0.05, 0.1) is 0 Å². The molecule has 3 rings (SSSR count). The van der Waals surface area contributed by atoms with Gasteiger partial charge in [-0.25, -0.2) is 0 Å². The number of anilines is 1. The molecule has 0 aromatic heterocycles.